The molecule has 0 aromatic heterocycles. The van der Waals surface area contributed by atoms with Crippen molar-refractivity contribution in [3.05, 3.63) is 17.7 Å². The van der Waals surface area contributed by atoms with Gasteiger partial charge in [0.25, 0.3) is 0 Å². The van der Waals surface area contributed by atoms with Crippen molar-refractivity contribution in [3.8, 4) is 5.75 Å². The second kappa shape index (κ2) is 4.74. The second-order valence-corrected chi connectivity index (χ2v) is 3.64. The molecule has 1 aromatic carbocycles. The predicted octanol–water partition coefficient (Wildman–Crippen LogP) is 1.42. The number of methoxy groups -OCH3 is 1. The molecule has 4 N–H and O–H groups in total. The average Bonchev–Trinajstić information content (AvgIpc) is 2.21. The molecule has 0 saturated heterocycles. The minimum atomic E-state index is -0.498. The Morgan fingerprint density at radius 3 is 2.31 bits per heavy atom. The number of nitrogens with two attached hydrogens (primary N) is 2. The topological polar surface area (TPSA) is 87.6 Å². The van der Waals surface area contributed by atoms with Gasteiger partial charge in [0, 0.05) is 6.07 Å². The van der Waals surface area contributed by atoms with Crippen LogP contribution in [-0.2, 0) is 4.74 Å². The van der Waals surface area contributed by atoms with Gasteiger partial charge in [0.1, 0.15) is 11.3 Å². The van der Waals surface area contributed by atoms with Gasteiger partial charge in [-0.05, 0) is 19.9 Å². The van der Waals surface area contributed by atoms with Crippen molar-refractivity contribution in [2.45, 2.75) is 20.0 Å². The van der Waals surface area contributed by atoms with E-state index in [4.69, 9.17) is 16.2 Å². The quantitative estimate of drug-likeness (QED) is 0.599. The number of hydrogen-bond donors (Lipinski definition) is 2. The minimum Gasteiger partial charge on any atom is -0.490 e. The summed E-state index contributed by atoms with van der Waals surface area (Å²) in [6, 6.07) is 2.99. The van der Waals surface area contributed by atoms with Crippen molar-refractivity contribution in [1.29, 1.82) is 0 Å². The fourth-order valence-corrected chi connectivity index (χ4v) is 1.23. The summed E-state index contributed by atoms with van der Waals surface area (Å²) in [6.07, 6.45) is -0.0635. The molecule has 0 radical (unpaired) electrons. The van der Waals surface area contributed by atoms with Crippen LogP contribution in [0.15, 0.2) is 12.1 Å². The highest BCUT2D eigenvalue weighted by Gasteiger charge is 2.16. The van der Waals surface area contributed by atoms with Gasteiger partial charge in [-0.25, -0.2) is 4.79 Å². The van der Waals surface area contributed by atoms with Crippen molar-refractivity contribution < 1.29 is 14.3 Å². The summed E-state index contributed by atoms with van der Waals surface area (Å²) in [5.41, 5.74) is 12.3. The van der Waals surface area contributed by atoms with Crippen LogP contribution >= 0.6 is 0 Å². The van der Waals surface area contributed by atoms with Crippen LogP contribution in [0.25, 0.3) is 0 Å². The zero-order chi connectivity index (χ0) is 12.3. The lowest BCUT2D eigenvalue weighted by Gasteiger charge is -2.14. The van der Waals surface area contributed by atoms with Crippen LogP contribution in [0.5, 0.6) is 5.75 Å². The van der Waals surface area contributed by atoms with Crippen LogP contribution in [-0.4, -0.2) is 19.2 Å². The number of anilines is 2. The Morgan fingerprint density at radius 2 is 1.81 bits per heavy atom. The maximum atomic E-state index is 11.5. The molecule has 1 aromatic rings. The van der Waals surface area contributed by atoms with Crippen molar-refractivity contribution in [3.63, 3.8) is 0 Å². The molecule has 0 aliphatic carbocycles. The molecular formula is C11H16N2O3. The maximum Gasteiger partial charge on any atom is 0.341 e. The van der Waals surface area contributed by atoms with Crippen LogP contribution in [0.1, 0.15) is 24.2 Å². The summed E-state index contributed by atoms with van der Waals surface area (Å²) < 4.78 is 10.1. The smallest absolute Gasteiger partial charge is 0.341 e. The molecule has 88 valence electrons. The van der Waals surface area contributed by atoms with Gasteiger partial charge in [-0.15, -0.1) is 0 Å². The first-order valence-corrected chi connectivity index (χ1v) is 4.89. The van der Waals surface area contributed by atoms with Crippen molar-refractivity contribution in [2.24, 2.45) is 0 Å². The van der Waals surface area contributed by atoms with E-state index < -0.39 is 5.97 Å². The van der Waals surface area contributed by atoms with Crippen LogP contribution in [0.4, 0.5) is 11.4 Å². The molecule has 0 aliphatic rings. The Morgan fingerprint density at radius 1 is 1.25 bits per heavy atom. The third-order valence-electron chi connectivity index (χ3n) is 1.95. The SMILES string of the molecule is COC(=O)c1cc(N)c(N)cc1OC(C)C. The maximum absolute atomic E-state index is 11.5. The molecule has 5 heteroatoms. The highest BCUT2D eigenvalue weighted by Crippen LogP contribution is 2.28. The number of carbonyl (C=O) groups is 1. The molecule has 0 bridgehead atoms. The first kappa shape index (κ1) is 12.2. The molecule has 0 spiro atoms. The second-order valence-electron chi connectivity index (χ2n) is 3.64. The van der Waals surface area contributed by atoms with Crippen LogP contribution in [0, 0.1) is 0 Å². The molecule has 0 unspecified atom stereocenters. The fraction of sp³-hybridized carbons (Fsp3) is 0.364. The van der Waals surface area contributed by atoms with Gasteiger partial charge in [0.2, 0.25) is 0 Å². The van der Waals surface area contributed by atoms with Crippen LogP contribution < -0.4 is 16.2 Å². The van der Waals surface area contributed by atoms with E-state index in [1.807, 2.05) is 13.8 Å². The number of benzene rings is 1. The number of nitrogen functional groups attached to an aromatic ring is 2. The largest absolute Gasteiger partial charge is 0.490 e. The van der Waals surface area contributed by atoms with E-state index in [9.17, 15) is 4.79 Å². The number of carbonyl (C=O) groups excluding carboxylic acids is 1. The van der Waals surface area contributed by atoms with Gasteiger partial charge in [-0.3, -0.25) is 0 Å². The highest BCUT2D eigenvalue weighted by molar-refractivity contribution is 5.95. The van der Waals surface area contributed by atoms with Crippen molar-refractivity contribution in [1.82, 2.24) is 0 Å². The molecule has 0 amide bonds. The van der Waals surface area contributed by atoms with Crippen LogP contribution in [0.2, 0.25) is 0 Å². The summed E-state index contributed by atoms with van der Waals surface area (Å²) >= 11 is 0. The van der Waals surface area contributed by atoms with E-state index in [0.717, 1.165) is 0 Å². The first-order valence-electron chi connectivity index (χ1n) is 4.89. The van der Waals surface area contributed by atoms with Gasteiger partial charge in [-0.1, -0.05) is 0 Å². The predicted molar refractivity (Wildman–Crippen MR) is 62.4 cm³/mol. The molecule has 0 fully saturated rings. The molecule has 16 heavy (non-hydrogen) atoms. The highest BCUT2D eigenvalue weighted by atomic mass is 16.5. The van der Waals surface area contributed by atoms with Gasteiger partial charge < -0.3 is 20.9 Å². The Bertz CT molecular complexity index is 402. The van der Waals surface area contributed by atoms with Gasteiger partial charge in [-0.2, -0.15) is 0 Å². The molecule has 0 atom stereocenters. The summed E-state index contributed by atoms with van der Waals surface area (Å²) in [5, 5.41) is 0. The lowest BCUT2D eigenvalue weighted by atomic mass is 10.1. The van der Waals surface area contributed by atoms with E-state index in [-0.39, 0.29) is 11.7 Å². The number of hydrogen-bond acceptors (Lipinski definition) is 5. The van der Waals surface area contributed by atoms with Crippen molar-refractivity contribution in [2.75, 3.05) is 18.6 Å². The van der Waals surface area contributed by atoms with E-state index in [0.29, 0.717) is 17.1 Å². The van der Waals surface area contributed by atoms with Crippen molar-refractivity contribution >= 4 is 17.3 Å². The van der Waals surface area contributed by atoms with Gasteiger partial charge in [0.05, 0.1) is 24.6 Å². The normalized spacial score (nSPS) is 10.2. The molecule has 0 saturated carbocycles. The molecule has 5 nitrogen and oxygen atoms in total. The number of ether oxygens (including phenoxy) is 2. The lowest BCUT2D eigenvalue weighted by Crippen LogP contribution is -2.12. The molecule has 0 aliphatic heterocycles. The zero-order valence-electron chi connectivity index (χ0n) is 9.61. The molecule has 1 rings (SSSR count). The summed E-state index contributed by atoms with van der Waals surface area (Å²) in [6.45, 7) is 3.71. The Kier molecular flexibility index (Phi) is 3.60. The minimum absolute atomic E-state index is 0.0635. The third kappa shape index (κ3) is 2.56. The Labute approximate surface area is 94.3 Å². The Balaban J connectivity index is 3.21. The average molecular weight is 224 g/mol. The van der Waals surface area contributed by atoms with E-state index in [2.05, 4.69) is 4.74 Å². The zero-order valence-corrected chi connectivity index (χ0v) is 9.61. The first-order chi connectivity index (χ1) is 7.45. The monoisotopic (exact) mass is 224 g/mol. The standard InChI is InChI=1S/C11H16N2O3/c1-6(2)16-10-5-9(13)8(12)4-7(10)11(14)15-3/h4-6H,12-13H2,1-3H3. The number of rotatable bonds is 3. The van der Waals surface area contributed by atoms with Crippen LogP contribution in [0.3, 0.4) is 0 Å². The van der Waals surface area contributed by atoms with Gasteiger partial charge >= 0.3 is 5.97 Å². The summed E-state index contributed by atoms with van der Waals surface area (Å²) in [7, 11) is 1.30. The fourth-order valence-electron chi connectivity index (χ4n) is 1.23. The van der Waals surface area contributed by atoms with Gasteiger partial charge in [0.15, 0.2) is 0 Å². The Hall–Kier alpha value is -1.91. The lowest BCUT2D eigenvalue weighted by molar-refractivity contribution is 0.0594. The molecule has 0 heterocycles. The van der Waals surface area contributed by atoms with E-state index in [1.54, 1.807) is 0 Å². The number of esters is 1. The van der Waals surface area contributed by atoms with E-state index in [1.165, 1.54) is 19.2 Å². The molecular weight excluding hydrogens is 208 g/mol. The van der Waals surface area contributed by atoms with E-state index >= 15 is 0 Å². The summed E-state index contributed by atoms with van der Waals surface area (Å²) in [5.74, 6) is -0.115. The summed E-state index contributed by atoms with van der Waals surface area (Å²) in [4.78, 5) is 11.5. The third-order valence-corrected chi connectivity index (χ3v) is 1.95.